The molecule has 1 aromatic carbocycles. The Bertz CT molecular complexity index is 665. The Hall–Kier alpha value is -1.41. The molecule has 2 N–H and O–H groups in total. The van der Waals surface area contributed by atoms with Gasteiger partial charge in [-0.05, 0) is 23.8 Å². The summed E-state index contributed by atoms with van der Waals surface area (Å²) in [6.07, 6.45) is 1.44. The fraction of sp³-hybridized carbons (Fsp3) is 0.308. The highest BCUT2D eigenvalue weighted by molar-refractivity contribution is 7.92. The van der Waals surface area contributed by atoms with Gasteiger partial charge in [-0.25, -0.2) is 8.42 Å². The van der Waals surface area contributed by atoms with Crippen molar-refractivity contribution in [3.8, 4) is 0 Å². The Labute approximate surface area is 127 Å². The van der Waals surface area contributed by atoms with Crippen LogP contribution in [-0.2, 0) is 19.6 Å². The van der Waals surface area contributed by atoms with Crippen LogP contribution in [0.25, 0.3) is 6.08 Å². The van der Waals surface area contributed by atoms with Crippen LogP contribution in [-0.4, -0.2) is 38.2 Å². The number of ether oxygens (including phenoxy) is 1. The van der Waals surface area contributed by atoms with Crippen LogP contribution in [0.15, 0.2) is 29.7 Å². The number of benzene rings is 1. The third-order valence-corrected chi connectivity index (χ3v) is 4.46. The topological polar surface area (TPSA) is 92.7 Å². The lowest BCUT2D eigenvalue weighted by Crippen LogP contribution is -2.54. The lowest BCUT2D eigenvalue weighted by molar-refractivity contribution is -0.144. The third kappa shape index (κ3) is 4.04. The van der Waals surface area contributed by atoms with E-state index in [1.165, 1.54) is 6.08 Å². The molecule has 2 rings (SSSR count). The van der Waals surface area contributed by atoms with Gasteiger partial charge in [0.1, 0.15) is 0 Å². The van der Waals surface area contributed by atoms with Crippen molar-refractivity contribution in [2.24, 2.45) is 0 Å². The standard InChI is InChI=1S/C13H14ClNO5S/c14-11-3-1-2-10(8-11)4-7-21(18,19)15-13(12(16)17)5-6-20-9-13/h1-4,7-8,15H,5-6,9H2,(H,16,17). The minimum absolute atomic E-state index is 0.0898. The highest BCUT2D eigenvalue weighted by Gasteiger charge is 2.45. The Kier molecular flexibility index (Phi) is 4.67. The molecule has 0 radical (unpaired) electrons. The van der Waals surface area contributed by atoms with E-state index in [0.717, 1.165) is 5.41 Å². The molecule has 0 amide bonds. The summed E-state index contributed by atoms with van der Waals surface area (Å²) in [6.45, 7) is 0.0133. The largest absolute Gasteiger partial charge is 0.480 e. The second kappa shape index (κ2) is 6.15. The van der Waals surface area contributed by atoms with E-state index in [-0.39, 0.29) is 19.6 Å². The Morgan fingerprint density at radius 1 is 1.48 bits per heavy atom. The van der Waals surface area contributed by atoms with Crippen molar-refractivity contribution in [1.29, 1.82) is 0 Å². The van der Waals surface area contributed by atoms with E-state index in [2.05, 4.69) is 4.72 Å². The maximum absolute atomic E-state index is 12.0. The first-order valence-electron chi connectivity index (χ1n) is 6.12. The molecule has 1 atom stereocenters. The summed E-state index contributed by atoms with van der Waals surface area (Å²) in [5, 5.41) is 10.6. The molecular weight excluding hydrogens is 318 g/mol. The molecule has 0 aliphatic carbocycles. The number of carboxylic acid groups (broad SMARTS) is 1. The second-order valence-electron chi connectivity index (χ2n) is 4.69. The highest BCUT2D eigenvalue weighted by Crippen LogP contribution is 2.21. The quantitative estimate of drug-likeness (QED) is 0.852. The van der Waals surface area contributed by atoms with Gasteiger partial charge in [0.2, 0.25) is 10.0 Å². The average molecular weight is 332 g/mol. The van der Waals surface area contributed by atoms with Gasteiger partial charge in [-0.15, -0.1) is 0 Å². The fourth-order valence-electron chi connectivity index (χ4n) is 1.94. The average Bonchev–Trinajstić information content (AvgIpc) is 2.86. The van der Waals surface area contributed by atoms with E-state index in [4.69, 9.17) is 16.3 Å². The first-order valence-corrected chi connectivity index (χ1v) is 8.04. The molecule has 0 spiro atoms. The molecule has 0 bridgehead atoms. The number of aliphatic carboxylic acids is 1. The van der Waals surface area contributed by atoms with Crippen LogP contribution in [0.4, 0.5) is 0 Å². The molecule has 1 saturated heterocycles. The van der Waals surface area contributed by atoms with Gasteiger partial charge >= 0.3 is 5.97 Å². The van der Waals surface area contributed by atoms with E-state index in [1.54, 1.807) is 24.3 Å². The van der Waals surface area contributed by atoms with Gasteiger partial charge in [0.05, 0.1) is 6.61 Å². The molecule has 8 heteroatoms. The normalized spacial score (nSPS) is 22.7. The number of halogens is 1. The van der Waals surface area contributed by atoms with E-state index < -0.39 is 21.5 Å². The van der Waals surface area contributed by atoms with Crippen LogP contribution in [0, 0.1) is 0 Å². The molecule has 1 aromatic rings. The summed E-state index contributed by atoms with van der Waals surface area (Å²) in [4.78, 5) is 11.3. The molecule has 1 fully saturated rings. The van der Waals surface area contributed by atoms with Gasteiger partial charge in [-0.3, -0.25) is 4.79 Å². The number of carboxylic acids is 1. The Balaban J connectivity index is 2.17. The fourth-order valence-corrected chi connectivity index (χ4v) is 3.34. The van der Waals surface area contributed by atoms with Crippen molar-refractivity contribution in [2.45, 2.75) is 12.0 Å². The Morgan fingerprint density at radius 2 is 2.24 bits per heavy atom. The van der Waals surface area contributed by atoms with Crippen LogP contribution in [0.3, 0.4) is 0 Å². The lowest BCUT2D eigenvalue weighted by Gasteiger charge is -2.22. The van der Waals surface area contributed by atoms with Crippen LogP contribution in [0.5, 0.6) is 0 Å². The molecular formula is C13H14ClNO5S. The summed E-state index contributed by atoms with van der Waals surface area (Å²) in [6, 6.07) is 6.63. The maximum Gasteiger partial charge on any atom is 0.327 e. The van der Waals surface area contributed by atoms with E-state index in [0.29, 0.717) is 10.6 Å². The predicted octanol–water partition coefficient (Wildman–Crippen LogP) is 1.47. The van der Waals surface area contributed by atoms with Crippen molar-refractivity contribution >= 4 is 33.7 Å². The molecule has 114 valence electrons. The summed E-state index contributed by atoms with van der Waals surface area (Å²) < 4.78 is 31.2. The zero-order valence-electron chi connectivity index (χ0n) is 11.0. The highest BCUT2D eigenvalue weighted by atomic mass is 35.5. The number of nitrogens with one attached hydrogen (secondary N) is 1. The second-order valence-corrected chi connectivity index (χ2v) is 6.70. The zero-order valence-corrected chi connectivity index (χ0v) is 12.5. The molecule has 6 nitrogen and oxygen atoms in total. The number of carbonyl (C=O) groups is 1. The number of hydrogen-bond donors (Lipinski definition) is 2. The summed E-state index contributed by atoms with van der Waals surface area (Å²) >= 11 is 5.80. The number of sulfonamides is 1. The minimum Gasteiger partial charge on any atom is -0.480 e. The van der Waals surface area contributed by atoms with Crippen molar-refractivity contribution in [3.05, 3.63) is 40.3 Å². The minimum atomic E-state index is -3.91. The van der Waals surface area contributed by atoms with Gasteiger partial charge < -0.3 is 9.84 Å². The van der Waals surface area contributed by atoms with E-state index in [1.807, 2.05) is 0 Å². The third-order valence-electron chi connectivity index (χ3n) is 3.06. The first kappa shape index (κ1) is 16.0. The summed E-state index contributed by atoms with van der Waals surface area (Å²) in [5.74, 6) is -1.25. The molecule has 0 aromatic heterocycles. The first-order chi connectivity index (χ1) is 9.83. The van der Waals surface area contributed by atoms with Crippen LogP contribution in [0.2, 0.25) is 5.02 Å². The molecule has 1 heterocycles. The van der Waals surface area contributed by atoms with Gasteiger partial charge in [0.15, 0.2) is 5.54 Å². The molecule has 1 aliphatic heterocycles. The van der Waals surface area contributed by atoms with Crippen LogP contribution < -0.4 is 4.72 Å². The van der Waals surface area contributed by atoms with E-state index >= 15 is 0 Å². The molecule has 1 unspecified atom stereocenters. The van der Waals surface area contributed by atoms with Crippen LogP contribution >= 0.6 is 11.6 Å². The lowest BCUT2D eigenvalue weighted by atomic mass is 10.0. The van der Waals surface area contributed by atoms with Gasteiger partial charge in [-0.1, -0.05) is 23.7 Å². The maximum atomic E-state index is 12.0. The predicted molar refractivity (Wildman–Crippen MR) is 78.3 cm³/mol. The van der Waals surface area contributed by atoms with Gasteiger partial charge in [-0.2, -0.15) is 4.72 Å². The zero-order chi connectivity index (χ0) is 15.5. The smallest absolute Gasteiger partial charge is 0.327 e. The van der Waals surface area contributed by atoms with Crippen molar-refractivity contribution in [1.82, 2.24) is 4.72 Å². The van der Waals surface area contributed by atoms with Gasteiger partial charge in [0, 0.05) is 23.5 Å². The van der Waals surface area contributed by atoms with Gasteiger partial charge in [0.25, 0.3) is 0 Å². The number of rotatable bonds is 5. The Morgan fingerprint density at radius 3 is 2.81 bits per heavy atom. The summed E-state index contributed by atoms with van der Waals surface area (Å²) in [7, 11) is -3.91. The monoisotopic (exact) mass is 331 g/mol. The molecule has 21 heavy (non-hydrogen) atoms. The van der Waals surface area contributed by atoms with Crippen molar-refractivity contribution in [3.63, 3.8) is 0 Å². The van der Waals surface area contributed by atoms with Crippen molar-refractivity contribution in [2.75, 3.05) is 13.2 Å². The van der Waals surface area contributed by atoms with Crippen molar-refractivity contribution < 1.29 is 23.1 Å². The molecule has 1 aliphatic rings. The number of hydrogen-bond acceptors (Lipinski definition) is 4. The molecule has 0 saturated carbocycles. The summed E-state index contributed by atoms with van der Waals surface area (Å²) in [5.41, 5.74) is -1.00. The van der Waals surface area contributed by atoms with Crippen LogP contribution in [0.1, 0.15) is 12.0 Å². The SMILES string of the molecule is O=C(O)C1(NS(=O)(=O)C=Cc2cccc(Cl)c2)CCOC1. The van der Waals surface area contributed by atoms with E-state index in [9.17, 15) is 18.3 Å².